The van der Waals surface area contributed by atoms with Crippen LogP contribution in [0.3, 0.4) is 0 Å². The van der Waals surface area contributed by atoms with Gasteiger partial charge in [0, 0.05) is 19.3 Å². The molecule has 7 nitrogen and oxygen atoms in total. The van der Waals surface area contributed by atoms with E-state index in [2.05, 4.69) is 14.7 Å². The maximum atomic E-state index is 11.7. The zero-order valence-electron chi connectivity index (χ0n) is 12.2. The van der Waals surface area contributed by atoms with Crippen LogP contribution in [0.25, 0.3) is 0 Å². The Morgan fingerprint density at radius 3 is 2.71 bits per heavy atom. The van der Waals surface area contributed by atoms with E-state index >= 15 is 0 Å². The number of nitrogens with zero attached hydrogens (tertiary/aromatic N) is 3. The maximum absolute atomic E-state index is 11.7. The molecule has 7 heteroatoms. The van der Waals surface area contributed by atoms with Crippen LogP contribution in [0.4, 0.5) is 5.82 Å². The smallest absolute Gasteiger partial charge is 0.376 e. The lowest BCUT2D eigenvalue weighted by Gasteiger charge is -2.31. The van der Waals surface area contributed by atoms with Gasteiger partial charge in [0.15, 0.2) is 0 Å². The third-order valence-corrected chi connectivity index (χ3v) is 3.45. The van der Waals surface area contributed by atoms with Crippen LogP contribution in [0.1, 0.15) is 30.4 Å². The Labute approximate surface area is 123 Å². The maximum Gasteiger partial charge on any atom is 0.376 e. The first kappa shape index (κ1) is 15.2. The molecular weight excluding hydrogens is 274 g/mol. The van der Waals surface area contributed by atoms with Gasteiger partial charge in [-0.3, -0.25) is 4.79 Å². The molecule has 114 valence electrons. The molecule has 1 aliphatic rings. The Bertz CT molecular complexity index is 513. The van der Waals surface area contributed by atoms with E-state index in [1.807, 2.05) is 11.8 Å². The van der Waals surface area contributed by atoms with Gasteiger partial charge in [0.1, 0.15) is 5.82 Å². The van der Waals surface area contributed by atoms with Crippen molar-refractivity contribution in [3.05, 3.63) is 18.1 Å². The SMILES string of the molecule is CCOC(=O)C1CCN(c2ccnc(C(=O)OC)n2)CC1. The minimum absolute atomic E-state index is 0.0440. The minimum atomic E-state index is -0.557. The van der Waals surface area contributed by atoms with Crippen molar-refractivity contribution < 1.29 is 19.1 Å². The molecule has 1 saturated heterocycles. The van der Waals surface area contributed by atoms with Gasteiger partial charge in [0.05, 0.1) is 19.6 Å². The molecule has 0 aromatic carbocycles. The summed E-state index contributed by atoms with van der Waals surface area (Å²) < 4.78 is 9.65. The number of carbonyl (C=O) groups is 2. The Balaban J connectivity index is 1.99. The molecule has 1 fully saturated rings. The fourth-order valence-corrected chi connectivity index (χ4v) is 2.32. The molecule has 1 aromatic heterocycles. The lowest BCUT2D eigenvalue weighted by molar-refractivity contribution is -0.148. The zero-order valence-corrected chi connectivity index (χ0v) is 12.2. The summed E-state index contributed by atoms with van der Waals surface area (Å²) in [4.78, 5) is 33.2. The van der Waals surface area contributed by atoms with Crippen LogP contribution < -0.4 is 4.90 Å². The van der Waals surface area contributed by atoms with Gasteiger partial charge in [-0.2, -0.15) is 0 Å². The predicted octanol–water partition coefficient (Wildman–Crippen LogP) is 1.04. The Hall–Kier alpha value is -2.18. The van der Waals surface area contributed by atoms with Crippen LogP contribution >= 0.6 is 0 Å². The number of piperidine rings is 1. The van der Waals surface area contributed by atoms with Gasteiger partial charge >= 0.3 is 11.9 Å². The molecule has 1 aromatic rings. The van der Waals surface area contributed by atoms with Crippen molar-refractivity contribution in [2.24, 2.45) is 5.92 Å². The molecule has 0 N–H and O–H groups in total. The van der Waals surface area contributed by atoms with Crippen molar-refractivity contribution in [2.45, 2.75) is 19.8 Å². The highest BCUT2D eigenvalue weighted by atomic mass is 16.5. The number of anilines is 1. The second kappa shape index (κ2) is 7.01. The first-order chi connectivity index (χ1) is 10.2. The summed E-state index contributed by atoms with van der Waals surface area (Å²) in [6, 6.07) is 1.75. The van der Waals surface area contributed by atoms with Gasteiger partial charge in [-0.25, -0.2) is 14.8 Å². The predicted molar refractivity (Wildman–Crippen MR) is 74.9 cm³/mol. The van der Waals surface area contributed by atoms with Crippen LogP contribution in [0.5, 0.6) is 0 Å². The van der Waals surface area contributed by atoms with Crippen molar-refractivity contribution >= 4 is 17.8 Å². The molecule has 0 amide bonds. The number of hydrogen-bond acceptors (Lipinski definition) is 7. The lowest BCUT2D eigenvalue weighted by Crippen LogP contribution is -2.37. The number of carbonyl (C=O) groups excluding carboxylic acids is 2. The summed E-state index contributed by atoms with van der Waals surface area (Å²) in [6.07, 6.45) is 2.97. The van der Waals surface area contributed by atoms with E-state index in [1.54, 1.807) is 6.07 Å². The third-order valence-electron chi connectivity index (χ3n) is 3.45. The van der Waals surface area contributed by atoms with E-state index in [0.29, 0.717) is 25.5 Å². The third kappa shape index (κ3) is 3.68. The van der Waals surface area contributed by atoms with Gasteiger partial charge in [-0.1, -0.05) is 0 Å². The summed E-state index contributed by atoms with van der Waals surface area (Å²) in [6.45, 7) is 3.61. The minimum Gasteiger partial charge on any atom is -0.466 e. The molecule has 2 heterocycles. The van der Waals surface area contributed by atoms with Crippen LogP contribution in [-0.4, -0.2) is 48.7 Å². The first-order valence-electron chi connectivity index (χ1n) is 6.98. The van der Waals surface area contributed by atoms with Gasteiger partial charge in [-0.15, -0.1) is 0 Å². The molecule has 0 aliphatic carbocycles. The molecular formula is C14H19N3O4. The fraction of sp³-hybridized carbons (Fsp3) is 0.571. The van der Waals surface area contributed by atoms with E-state index in [1.165, 1.54) is 13.3 Å². The summed E-state index contributed by atoms with van der Waals surface area (Å²) in [5, 5.41) is 0. The largest absolute Gasteiger partial charge is 0.466 e. The van der Waals surface area contributed by atoms with E-state index in [0.717, 1.165) is 12.8 Å². The molecule has 0 bridgehead atoms. The molecule has 21 heavy (non-hydrogen) atoms. The van der Waals surface area contributed by atoms with Crippen LogP contribution in [0.15, 0.2) is 12.3 Å². The van der Waals surface area contributed by atoms with Gasteiger partial charge in [0.2, 0.25) is 5.82 Å². The number of rotatable bonds is 4. The molecule has 1 aliphatic heterocycles. The van der Waals surface area contributed by atoms with Crippen molar-refractivity contribution in [1.29, 1.82) is 0 Å². The van der Waals surface area contributed by atoms with Gasteiger partial charge < -0.3 is 14.4 Å². The first-order valence-corrected chi connectivity index (χ1v) is 6.98. The normalized spacial score (nSPS) is 15.6. The van der Waals surface area contributed by atoms with E-state index in [4.69, 9.17) is 4.74 Å². The zero-order chi connectivity index (χ0) is 15.2. The molecule has 0 unspecified atom stereocenters. The number of esters is 2. The summed E-state index contributed by atoms with van der Waals surface area (Å²) >= 11 is 0. The Morgan fingerprint density at radius 2 is 2.10 bits per heavy atom. The standard InChI is InChI=1S/C14H19N3O4/c1-3-21-13(18)10-5-8-17(9-6-10)11-4-7-15-12(16-11)14(19)20-2/h4,7,10H,3,5-6,8-9H2,1-2H3. The highest BCUT2D eigenvalue weighted by Crippen LogP contribution is 2.22. The van der Waals surface area contributed by atoms with Crippen molar-refractivity contribution in [3.8, 4) is 0 Å². The topological polar surface area (TPSA) is 81.6 Å². The average Bonchev–Trinajstić information content (AvgIpc) is 2.54. The number of aromatic nitrogens is 2. The lowest BCUT2D eigenvalue weighted by atomic mass is 9.97. The summed E-state index contributed by atoms with van der Waals surface area (Å²) in [7, 11) is 1.29. The molecule has 0 saturated carbocycles. The number of ether oxygens (including phenoxy) is 2. The van der Waals surface area contributed by atoms with Gasteiger partial charge in [0.25, 0.3) is 0 Å². The van der Waals surface area contributed by atoms with Crippen molar-refractivity contribution in [2.75, 3.05) is 31.7 Å². The monoisotopic (exact) mass is 293 g/mol. The molecule has 0 atom stereocenters. The highest BCUT2D eigenvalue weighted by molar-refractivity contribution is 5.85. The van der Waals surface area contributed by atoms with Gasteiger partial charge in [-0.05, 0) is 25.8 Å². The quantitative estimate of drug-likeness (QED) is 0.767. The van der Waals surface area contributed by atoms with Crippen LogP contribution in [0.2, 0.25) is 0 Å². The second-order valence-corrected chi connectivity index (χ2v) is 4.74. The van der Waals surface area contributed by atoms with Crippen molar-refractivity contribution in [1.82, 2.24) is 9.97 Å². The second-order valence-electron chi connectivity index (χ2n) is 4.74. The average molecular weight is 293 g/mol. The Kier molecular flexibility index (Phi) is 5.08. The number of methoxy groups -OCH3 is 1. The summed E-state index contributed by atoms with van der Waals surface area (Å²) in [5.41, 5.74) is 0. The van der Waals surface area contributed by atoms with E-state index < -0.39 is 5.97 Å². The molecule has 2 rings (SSSR count). The van der Waals surface area contributed by atoms with E-state index in [9.17, 15) is 9.59 Å². The fourth-order valence-electron chi connectivity index (χ4n) is 2.32. The van der Waals surface area contributed by atoms with Crippen LogP contribution in [-0.2, 0) is 14.3 Å². The van der Waals surface area contributed by atoms with E-state index in [-0.39, 0.29) is 17.7 Å². The molecule has 0 radical (unpaired) electrons. The number of hydrogen-bond donors (Lipinski definition) is 0. The van der Waals surface area contributed by atoms with Crippen molar-refractivity contribution in [3.63, 3.8) is 0 Å². The summed E-state index contributed by atoms with van der Waals surface area (Å²) in [5.74, 6) is -0.0216. The molecule has 0 spiro atoms. The Morgan fingerprint density at radius 1 is 1.38 bits per heavy atom. The highest BCUT2D eigenvalue weighted by Gasteiger charge is 2.26. The van der Waals surface area contributed by atoms with Crippen LogP contribution in [0, 0.1) is 5.92 Å².